The highest BCUT2D eigenvalue weighted by atomic mass is 32.1. The zero-order chi connectivity index (χ0) is 10.8. The van der Waals surface area contributed by atoms with Crippen LogP contribution in [-0.2, 0) is 10.2 Å². The highest BCUT2D eigenvalue weighted by molar-refractivity contribution is 7.12. The van der Waals surface area contributed by atoms with Crippen LogP contribution in [0.4, 0.5) is 0 Å². The van der Waals surface area contributed by atoms with Gasteiger partial charge in [0, 0.05) is 16.2 Å². The lowest BCUT2D eigenvalue weighted by atomic mass is 9.85. The molecule has 1 aromatic rings. The molecule has 0 saturated heterocycles. The molecule has 0 fully saturated rings. The number of aryl methyl sites for hydroxylation is 1. The van der Waals surface area contributed by atoms with Crippen molar-refractivity contribution in [3.8, 4) is 6.07 Å². The Morgan fingerprint density at radius 2 is 2.29 bits per heavy atom. The Hall–Kier alpha value is -1.14. The van der Waals surface area contributed by atoms with Gasteiger partial charge in [-0.1, -0.05) is 0 Å². The second kappa shape index (κ2) is 3.93. The van der Waals surface area contributed by atoms with E-state index in [9.17, 15) is 4.79 Å². The van der Waals surface area contributed by atoms with E-state index in [2.05, 4.69) is 6.07 Å². The van der Waals surface area contributed by atoms with E-state index < -0.39 is 5.41 Å². The standard InChI is InChI=1S/C11H13NOS/c1-8(13)6-11(3,7-12)10-5-4-9(2)14-10/h4-5H,6H2,1-3H3. The lowest BCUT2D eigenvalue weighted by Crippen LogP contribution is -2.21. The Morgan fingerprint density at radius 1 is 1.64 bits per heavy atom. The molecule has 0 aromatic carbocycles. The van der Waals surface area contributed by atoms with Crippen molar-refractivity contribution in [3.63, 3.8) is 0 Å². The van der Waals surface area contributed by atoms with Crippen molar-refractivity contribution in [1.82, 2.24) is 0 Å². The first-order valence-corrected chi connectivity index (χ1v) is 5.27. The number of nitriles is 1. The maximum absolute atomic E-state index is 11.1. The molecule has 0 aliphatic carbocycles. The van der Waals surface area contributed by atoms with Crippen LogP contribution in [0.3, 0.4) is 0 Å². The summed E-state index contributed by atoms with van der Waals surface area (Å²) in [5.74, 6) is 0.0557. The van der Waals surface area contributed by atoms with E-state index in [1.165, 1.54) is 11.8 Å². The maximum atomic E-state index is 11.1. The molecule has 0 spiro atoms. The van der Waals surface area contributed by atoms with Crippen molar-refractivity contribution in [2.45, 2.75) is 32.6 Å². The molecule has 0 radical (unpaired) electrons. The van der Waals surface area contributed by atoms with E-state index in [1.807, 2.05) is 26.0 Å². The molecule has 1 unspecified atom stereocenters. The summed E-state index contributed by atoms with van der Waals surface area (Å²) < 4.78 is 0. The number of nitrogens with zero attached hydrogens (tertiary/aromatic N) is 1. The van der Waals surface area contributed by atoms with Gasteiger partial charge in [-0.25, -0.2) is 0 Å². The van der Waals surface area contributed by atoms with Crippen molar-refractivity contribution in [2.75, 3.05) is 0 Å². The summed E-state index contributed by atoms with van der Waals surface area (Å²) in [5, 5.41) is 9.10. The zero-order valence-corrected chi connectivity index (χ0v) is 9.44. The van der Waals surface area contributed by atoms with E-state index in [0.29, 0.717) is 6.42 Å². The van der Waals surface area contributed by atoms with Gasteiger partial charge in [-0.3, -0.25) is 4.79 Å². The Balaban J connectivity index is 3.02. The van der Waals surface area contributed by atoms with Crippen LogP contribution in [0.15, 0.2) is 12.1 Å². The Bertz CT molecular complexity index is 388. The van der Waals surface area contributed by atoms with Crippen LogP contribution in [0.2, 0.25) is 0 Å². The maximum Gasteiger partial charge on any atom is 0.131 e. The first-order valence-electron chi connectivity index (χ1n) is 4.45. The fourth-order valence-corrected chi connectivity index (χ4v) is 2.37. The summed E-state index contributed by atoms with van der Waals surface area (Å²) in [6, 6.07) is 6.15. The number of ketones is 1. The third-order valence-corrected chi connectivity index (χ3v) is 3.40. The molecule has 1 heterocycles. The molecule has 0 saturated carbocycles. The predicted molar refractivity (Wildman–Crippen MR) is 57.3 cm³/mol. The van der Waals surface area contributed by atoms with Crippen molar-refractivity contribution in [3.05, 3.63) is 21.9 Å². The van der Waals surface area contributed by atoms with Gasteiger partial charge in [-0.05, 0) is 32.9 Å². The second-order valence-electron chi connectivity index (χ2n) is 3.73. The van der Waals surface area contributed by atoms with E-state index in [-0.39, 0.29) is 5.78 Å². The van der Waals surface area contributed by atoms with Gasteiger partial charge < -0.3 is 0 Å². The van der Waals surface area contributed by atoms with Gasteiger partial charge in [0.15, 0.2) is 0 Å². The van der Waals surface area contributed by atoms with Gasteiger partial charge >= 0.3 is 0 Å². The topological polar surface area (TPSA) is 40.9 Å². The van der Waals surface area contributed by atoms with Crippen molar-refractivity contribution in [1.29, 1.82) is 5.26 Å². The van der Waals surface area contributed by atoms with E-state index in [4.69, 9.17) is 5.26 Å². The van der Waals surface area contributed by atoms with Crippen LogP contribution in [0.5, 0.6) is 0 Å². The predicted octanol–water partition coefficient (Wildman–Crippen LogP) is 2.82. The third-order valence-electron chi connectivity index (χ3n) is 2.13. The molecule has 0 bridgehead atoms. The minimum absolute atomic E-state index is 0.0557. The third kappa shape index (κ3) is 2.21. The van der Waals surface area contributed by atoms with Gasteiger partial charge in [0.05, 0.1) is 11.5 Å². The first kappa shape index (κ1) is 10.9. The molecule has 1 aromatic heterocycles. The first-order chi connectivity index (χ1) is 6.48. The number of thiophene rings is 1. The zero-order valence-electron chi connectivity index (χ0n) is 8.63. The average molecular weight is 207 g/mol. The summed E-state index contributed by atoms with van der Waals surface area (Å²) in [5.41, 5.74) is -0.648. The summed E-state index contributed by atoms with van der Waals surface area (Å²) in [6.45, 7) is 5.34. The van der Waals surface area contributed by atoms with Crippen LogP contribution in [0, 0.1) is 18.3 Å². The highest BCUT2D eigenvalue weighted by Crippen LogP contribution is 2.32. The van der Waals surface area contributed by atoms with Gasteiger partial charge in [0.25, 0.3) is 0 Å². The van der Waals surface area contributed by atoms with E-state index in [0.717, 1.165) is 4.88 Å². The number of hydrogen-bond donors (Lipinski definition) is 0. The summed E-state index contributed by atoms with van der Waals surface area (Å²) in [7, 11) is 0. The highest BCUT2D eigenvalue weighted by Gasteiger charge is 2.29. The Labute approximate surface area is 88.2 Å². The molecule has 1 atom stereocenters. The molecule has 0 N–H and O–H groups in total. The van der Waals surface area contributed by atoms with Gasteiger partial charge in [-0.15, -0.1) is 11.3 Å². The second-order valence-corrected chi connectivity index (χ2v) is 5.02. The van der Waals surface area contributed by atoms with Gasteiger partial charge in [0.2, 0.25) is 0 Å². The summed E-state index contributed by atoms with van der Waals surface area (Å²) in [6.07, 6.45) is 0.295. The molecule has 0 aliphatic rings. The average Bonchev–Trinajstić information content (AvgIpc) is 2.51. The number of hydrogen-bond acceptors (Lipinski definition) is 3. The normalized spacial score (nSPS) is 14.4. The quantitative estimate of drug-likeness (QED) is 0.764. The molecule has 0 amide bonds. The number of Topliss-reactive ketones (excluding diaryl/α,β-unsaturated/α-hetero) is 1. The Morgan fingerprint density at radius 3 is 2.64 bits per heavy atom. The fraction of sp³-hybridized carbons (Fsp3) is 0.455. The van der Waals surface area contributed by atoms with Crippen LogP contribution in [0.1, 0.15) is 30.0 Å². The molecule has 0 aliphatic heterocycles. The largest absolute Gasteiger partial charge is 0.300 e. The SMILES string of the molecule is CC(=O)CC(C)(C#N)c1ccc(C)s1. The van der Waals surface area contributed by atoms with Crippen molar-refractivity contribution < 1.29 is 4.79 Å². The summed E-state index contributed by atoms with van der Waals surface area (Å²) in [4.78, 5) is 13.2. The Kier molecular flexibility index (Phi) is 3.07. The lowest BCUT2D eigenvalue weighted by molar-refractivity contribution is -0.117. The van der Waals surface area contributed by atoms with Crippen LogP contribution in [-0.4, -0.2) is 5.78 Å². The molecular formula is C11H13NOS. The minimum Gasteiger partial charge on any atom is -0.300 e. The molecular weight excluding hydrogens is 194 g/mol. The molecule has 1 rings (SSSR count). The van der Waals surface area contributed by atoms with Crippen LogP contribution in [0.25, 0.3) is 0 Å². The number of rotatable bonds is 3. The van der Waals surface area contributed by atoms with Gasteiger partial charge in [0.1, 0.15) is 5.78 Å². The molecule has 2 nitrogen and oxygen atoms in total. The molecule has 74 valence electrons. The van der Waals surface area contributed by atoms with Gasteiger partial charge in [-0.2, -0.15) is 5.26 Å². The lowest BCUT2D eigenvalue weighted by Gasteiger charge is -2.17. The fourth-order valence-electron chi connectivity index (χ4n) is 1.41. The molecule has 14 heavy (non-hydrogen) atoms. The van der Waals surface area contributed by atoms with Crippen molar-refractivity contribution >= 4 is 17.1 Å². The number of carbonyl (C=O) groups excluding carboxylic acids is 1. The minimum atomic E-state index is -0.648. The van der Waals surface area contributed by atoms with E-state index >= 15 is 0 Å². The van der Waals surface area contributed by atoms with E-state index in [1.54, 1.807) is 11.3 Å². The van der Waals surface area contributed by atoms with Crippen LogP contribution < -0.4 is 0 Å². The monoisotopic (exact) mass is 207 g/mol. The smallest absolute Gasteiger partial charge is 0.131 e. The number of carbonyl (C=O) groups is 1. The van der Waals surface area contributed by atoms with Crippen molar-refractivity contribution in [2.24, 2.45) is 0 Å². The van der Waals surface area contributed by atoms with Crippen LogP contribution >= 0.6 is 11.3 Å². The molecule has 3 heteroatoms. The summed E-state index contributed by atoms with van der Waals surface area (Å²) >= 11 is 1.59.